The predicted octanol–water partition coefficient (Wildman–Crippen LogP) is 1.02. The lowest BCUT2D eigenvalue weighted by molar-refractivity contribution is -0.128. The third-order valence-electron chi connectivity index (χ3n) is 2.23. The van der Waals surface area contributed by atoms with Gasteiger partial charge in [0, 0.05) is 18.3 Å². The average Bonchev–Trinajstić information content (AvgIpc) is 2.78. The molecular weight excluding hydrogens is 198 g/mol. The van der Waals surface area contributed by atoms with E-state index in [1.54, 1.807) is 10.4 Å². The quantitative estimate of drug-likeness (QED) is 0.727. The van der Waals surface area contributed by atoms with Crippen molar-refractivity contribution >= 4 is 17.2 Å². The van der Waals surface area contributed by atoms with Gasteiger partial charge in [0.25, 0.3) is 0 Å². The summed E-state index contributed by atoms with van der Waals surface area (Å²) in [7, 11) is 0. The normalized spacial score (nSPS) is 21.2. The van der Waals surface area contributed by atoms with Gasteiger partial charge in [0.05, 0.1) is 29.7 Å². The molecule has 0 aliphatic carbocycles. The van der Waals surface area contributed by atoms with E-state index in [4.69, 9.17) is 5.26 Å². The zero-order valence-corrected chi connectivity index (χ0v) is 8.33. The molecule has 1 fully saturated rings. The van der Waals surface area contributed by atoms with Crippen LogP contribution in [0.3, 0.4) is 0 Å². The number of likely N-dealkylation sites (tertiary alicyclic amines) is 1. The van der Waals surface area contributed by atoms with Gasteiger partial charge in [-0.15, -0.1) is 11.3 Å². The van der Waals surface area contributed by atoms with Gasteiger partial charge < -0.3 is 4.90 Å². The molecule has 1 saturated heterocycles. The number of amides is 1. The summed E-state index contributed by atoms with van der Waals surface area (Å²) in [5.41, 5.74) is 2.65. The minimum Gasteiger partial charge on any atom is -0.335 e. The van der Waals surface area contributed by atoms with Crippen molar-refractivity contribution in [2.24, 2.45) is 5.92 Å². The summed E-state index contributed by atoms with van der Waals surface area (Å²) in [6.45, 7) is 1.09. The molecule has 72 valence electrons. The Morgan fingerprint density at radius 1 is 1.79 bits per heavy atom. The molecular formula is C9H9N3OS. The van der Waals surface area contributed by atoms with E-state index in [0.29, 0.717) is 19.5 Å². The van der Waals surface area contributed by atoms with Gasteiger partial charge in [-0.25, -0.2) is 4.98 Å². The summed E-state index contributed by atoms with van der Waals surface area (Å²) < 4.78 is 0. The van der Waals surface area contributed by atoms with Crippen LogP contribution in [0.4, 0.5) is 0 Å². The summed E-state index contributed by atoms with van der Waals surface area (Å²) >= 11 is 1.52. The number of carbonyl (C=O) groups excluding carboxylic acids is 1. The molecule has 1 unspecified atom stereocenters. The Balaban J connectivity index is 2.00. The molecule has 1 amide bonds. The summed E-state index contributed by atoms with van der Waals surface area (Å²) in [4.78, 5) is 17.2. The van der Waals surface area contributed by atoms with Gasteiger partial charge in [-0.1, -0.05) is 0 Å². The number of hydrogen-bond donors (Lipinski definition) is 0. The Labute approximate surface area is 85.8 Å². The Morgan fingerprint density at radius 3 is 3.21 bits per heavy atom. The standard InChI is InChI=1S/C9H9N3OS/c10-2-7-1-9(13)12(3-7)4-8-5-14-6-11-8/h5-7H,1,3-4H2. The average molecular weight is 207 g/mol. The fraction of sp³-hybridized carbons (Fsp3) is 0.444. The smallest absolute Gasteiger partial charge is 0.224 e. The molecule has 14 heavy (non-hydrogen) atoms. The van der Waals surface area contributed by atoms with E-state index in [-0.39, 0.29) is 11.8 Å². The van der Waals surface area contributed by atoms with Crippen LogP contribution in [0.25, 0.3) is 0 Å². The maximum absolute atomic E-state index is 11.4. The first-order valence-corrected chi connectivity index (χ1v) is 5.28. The van der Waals surface area contributed by atoms with Crippen molar-refractivity contribution in [3.63, 3.8) is 0 Å². The Morgan fingerprint density at radius 2 is 2.64 bits per heavy atom. The molecule has 4 nitrogen and oxygen atoms in total. The molecule has 0 saturated carbocycles. The Bertz CT molecular complexity index is 368. The second kappa shape index (κ2) is 3.76. The van der Waals surface area contributed by atoms with Gasteiger partial charge in [-0.2, -0.15) is 5.26 Å². The number of carbonyl (C=O) groups is 1. The van der Waals surface area contributed by atoms with E-state index in [9.17, 15) is 4.79 Å². The zero-order valence-electron chi connectivity index (χ0n) is 7.51. The van der Waals surface area contributed by atoms with E-state index < -0.39 is 0 Å². The highest BCUT2D eigenvalue weighted by molar-refractivity contribution is 7.07. The maximum atomic E-state index is 11.4. The van der Waals surface area contributed by atoms with Gasteiger partial charge in [0.1, 0.15) is 0 Å². The molecule has 1 aliphatic heterocycles. The second-order valence-electron chi connectivity index (χ2n) is 3.28. The minimum atomic E-state index is -0.138. The highest BCUT2D eigenvalue weighted by Gasteiger charge is 2.29. The molecule has 1 atom stereocenters. The van der Waals surface area contributed by atoms with Crippen LogP contribution in [0.15, 0.2) is 10.9 Å². The van der Waals surface area contributed by atoms with Crippen LogP contribution in [0.5, 0.6) is 0 Å². The molecule has 1 aromatic heterocycles. The predicted molar refractivity (Wildman–Crippen MR) is 51.3 cm³/mol. The van der Waals surface area contributed by atoms with Gasteiger partial charge in [-0.3, -0.25) is 4.79 Å². The van der Waals surface area contributed by atoms with Crippen molar-refractivity contribution in [3.05, 3.63) is 16.6 Å². The summed E-state index contributed by atoms with van der Waals surface area (Å²) in [6, 6.07) is 2.12. The van der Waals surface area contributed by atoms with E-state index >= 15 is 0 Å². The number of thiazole rings is 1. The fourth-order valence-corrected chi connectivity index (χ4v) is 2.07. The largest absolute Gasteiger partial charge is 0.335 e. The highest BCUT2D eigenvalue weighted by atomic mass is 32.1. The number of rotatable bonds is 2. The van der Waals surface area contributed by atoms with E-state index in [0.717, 1.165) is 5.69 Å². The molecule has 2 rings (SSSR count). The molecule has 2 heterocycles. The van der Waals surface area contributed by atoms with Crippen molar-refractivity contribution in [1.82, 2.24) is 9.88 Å². The molecule has 0 bridgehead atoms. The number of nitriles is 1. The Kier molecular flexibility index (Phi) is 2.46. The van der Waals surface area contributed by atoms with Crippen LogP contribution in [-0.4, -0.2) is 22.3 Å². The van der Waals surface area contributed by atoms with E-state index in [2.05, 4.69) is 11.1 Å². The first kappa shape index (κ1) is 9.16. The SMILES string of the molecule is N#CC1CC(=O)N(Cc2cscn2)C1. The van der Waals surface area contributed by atoms with Gasteiger partial charge in [0.2, 0.25) is 5.91 Å². The third-order valence-corrected chi connectivity index (χ3v) is 2.87. The lowest BCUT2D eigenvalue weighted by atomic mass is 10.1. The molecule has 0 aromatic carbocycles. The first-order chi connectivity index (χ1) is 6.79. The van der Waals surface area contributed by atoms with Crippen LogP contribution in [0.2, 0.25) is 0 Å². The molecule has 5 heteroatoms. The molecule has 0 radical (unpaired) electrons. The van der Waals surface area contributed by atoms with Crippen molar-refractivity contribution < 1.29 is 4.79 Å². The topological polar surface area (TPSA) is 57.0 Å². The Hall–Kier alpha value is -1.41. The van der Waals surface area contributed by atoms with Crippen LogP contribution in [0, 0.1) is 17.2 Å². The van der Waals surface area contributed by atoms with Crippen LogP contribution in [0.1, 0.15) is 12.1 Å². The van der Waals surface area contributed by atoms with Gasteiger partial charge >= 0.3 is 0 Å². The lowest BCUT2D eigenvalue weighted by Crippen LogP contribution is -2.24. The molecule has 0 spiro atoms. The fourth-order valence-electron chi connectivity index (χ4n) is 1.52. The van der Waals surface area contributed by atoms with Crippen molar-refractivity contribution in [3.8, 4) is 6.07 Å². The van der Waals surface area contributed by atoms with E-state index in [1.807, 2.05) is 5.38 Å². The van der Waals surface area contributed by atoms with E-state index in [1.165, 1.54) is 11.3 Å². The molecule has 1 aliphatic rings. The van der Waals surface area contributed by atoms with Crippen LogP contribution in [-0.2, 0) is 11.3 Å². The maximum Gasteiger partial charge on any atom is 0.224 e. The second-order valence-corrected chi connectivity index (χ2v) is 4.00. The number of nitrogens with zero attached hydrogens (tertiary/aromatic N) is 3. The summed E-state index contributed by atoms with van der Waals surface area (Å²) in [5.74, 6) is -0.0781. The van der Waals surface area contributed by atoms with Crippen molar-refractivity contribution in [2.75, 3.05) is 6.54 Å². The first-order valence-electron chi connectivity index (χ1n) is 4.34. The molecule has 1 aromatic rings. The minimum absolute atomic E-state index is 0.0598. The monoisotopic (exact) mass is 207 g/mol. The number of aromatic nitrogens is 1. The van der Waals surface area contributed by atoms with Gasteiger partial charge in [-0.05, 0) is 0 Å². The lowest BCUT2D eigenvalue weighted by Gasteiger charge is -2.13. The molecule has 0 N–H and O–H groups in total. The number of hydrogen-bond acceptors (Lipinski definition) is 4. The van der Waals surface area contributed by atoms with Crippen molar-refractivity contribution in [1.29, 1.82) is 5.26 Å². The summed E-state index contributed by atoms with van der Waals surface area (Å²) in [6.07, 6.45) is 0.362. The summed E-state index contributed by atoms with van der Waals surface area (Å²) in [5, 5.41) is 10.6. The van der Waals surface area contributed by atoms with Crippen molar-refractivity contribution in [2.45, 2.75) is 13.0 Å². The van der Waals surface area contributed by atoms with Crippen LogP contribution < -0.4 is 0 Å². The van der Waals surface area contributed by atoms with Crippen LogP contribution >= 0.6 is 11.3 Å². The zero-order chi connectivity index (χ0) is 9.97. The van der Waals surface area contributed by atoms with Gasteiger partial charge in [0.15, 0.2) is 0 Å². The third kappa shape index (κ3) is 1.75. The highest BCUT2D eigenvalue weighted by Crippen LogP contribution is 2.19.